The van der Waals surface area contributed by atoms with Gasteiger partial charge < -0.3 is 4.74 Å². The van der Waals surface area contributed by atoms with Crippen LogP contribution in [0.4, 0.5) is 4.39 Å². The number of hydrogen-bond acceptors (Lipinski definition) is 5. The largest absolute Gasteiger partial charge is 0.493 e. The Balaban J connectivity index is 1.45. The average Bonchev–Trinajstić information content (AvgIpc) is 3.38. The van der Waals surface area contributed by atoms with Gasteiger partial charge in [0, 0.05) is 15.9 Å². The van der Waals surface area contributed by atoms with Crippen molar-refractivity contribution >= 4 is 27.7 Å². The molecule has 1 aliphatic heterocycles. The van der Waals surface area contributed by atoms with E-state index in [9.17, 15) is 4.39 Å². The molecule has 5 nitrogen and oxygen atoms in total. The fourth-order valence-corrected chi connectivity index (χ4v) is 4.36. The van der Waals surface area contributed by atoms with Gasteiger partial charge in [0.15, 0.2) is 11.0 Å². The minimum atomic E-state index is -0.250. The predicted octanol–water partition coefficient (Wildman–Crippen LogP) is 4.94. The standard InChI is InChI=1S/C21H22BrFN4OS/c22-16-3-9-19(10-4-16)28-13-14-29-21-25-24-20(15-26-11-1-2-12-26)27(21)18-7-5-17(23)6-8-18/h3-10H,1-2,11-15H2. The Morgan fingerprint density at radius 1 is 1.00 bits per heavy atom. The first-order chi connectivity index (χ1) is 14.2. The van der Waals surface area contributed by atoms with Crippen molar-refractivity contribution in [2.24, 2.45) is 0 Å². The van der Waals surface area contributed by atoms with E-state index in [0.29, 0.717) is 6.61 Å². The molecule has 1 aromatic heterocycles. The summed E-state index contributed by atoms with van der Waals surface area (Å²) in [7, 11) is 0. The van der Waals surface area contributed by atoms with Gasteiger partial charge in [-0.1, -0.05) is 27.7 Å². The van der Waals surface area contributed by atoms with Crippen molar-refractivity contribution in [3.63, 3.8) is 0 Å². The monoisotopic (exact) mass is 476 g/mol. The number of rotatable bonds is 8. The van der Waals surface area contributed by atoms with Gasteiger partial charge in [0.2, 0.25) is 0 Å². The maximum atomic E-state index is 13.4. The quantitative estimate of drug-likeness (QED) is 0.340. The van der Waals surface area contributed by atoms with E-state index in [-0.39, 0.29) is 5.82 Å². The lowest BCUT2D eigenvalue weighted by molar-refractivity contribution is 0.319. The summed E-state index contributed by atoms with van der Waals surface area (Å²) in [6.07, 6.45) is 2.44. The van der Waals surface area contributed by atoms with Gasteiger partial charge in [0.1, 0.15) is 11.6 Å². The number of thioether (sulfide) groups is 1. The van der Waals surface area contributed by atoms with Crippen molar-refractivity contribution < 1.29 is 9.13 Å². The van der Waals surface area contributed by atoms with E-state index < -0.39 is 0 Å². The van der Waals surface area contributed by atoms with Gasteiger partial charge in [0.05, 0.1) is 13.2 Å². The van der Waals surface area contributed by atoms with Crippen LogP contribution in [-0.4, -0.2) is 45.1 Å². The molecule has 2 aromatic carbocycles. The van der Waals surface area contributed by atoms with Crippen LogP contribution in [0, 0.1) is 5.82 Å². The second-order valence-corrected chi connectivity index (χ2v) is 8.82. The molecule has 1 saturated heterocycles. The van der Waals surface area contributed by atoms with Crippen LogP contribution in [-0.2, 0) is 6.54 Å². The molecule has 0 spiro atoms. The Morgan fingerprint density at radius 3 is 2.45 bits per heavy atom. The molecule has 1 fully saturated rings. The van der Waals surface area contributed by atoms with Gasteiger partial charge in [-0.05, 0) is 74.5 Å². The summed E-state index contributed by atoms with van der Waals surface area (Å²) in [4.78, 5) is 2.38. The number of nitrogens with zero attached hydrogens (tertiary/aromatic N) is 4. The third-order valence-corrected chi connectivity index (χ3v) is 6.17. The Bertz CT molecular complexity index is 927. The molecule has 3 aromatic rings. The average molecular weight is 477 g/mol. The molecule has 1 aliphatic rings. The van der Waals surface area contributed by atoms with Gasteiger partial charge in [-0.15, -0.1) is 10.2 Å². The second-order valence-electron chi connectivity index (χ2n) is 6.84. The minimum Gasteiger partial charge on any atom is -0.493 e. The summed E-state index contributed by atoms with van der Waals surface area (Å²) < 4.78 is 22.3. The highest BCUT2D eigenvalue weighted by molar-refractivity contribution is 9.10. The zero-order valence-electron chi connectivity index (χ0n) is 15.9. The smallest absolute Gasteiger partial charge is 0.195 e. The highest BCUT2D eigenvalue weighted by Gasteiger charge is 2.19. The van der Waals surface area contributed by atoms with E-state index in [1.54, 1.807) is 23.9 Å². The lowest BCUT2D eigenvalue weighted by Crippen LogP contribution is -2.21. The first-order valence-electron chi connectivity index (χ1n) is 9.63. The highest BCUT2D eigenvalue weighted by Crippen LogP contribution is 2.24. The third kappa shape index (κ3) is 5.38. The number of halogens is 2. The first-order valence-corrected chi connectivity index (χ1v) is 11.4. The SMILES string of the molecule is Fc1ccc(-n2c(CN3CCCC3)nnc2SCCOc2ccc(Br)cc2)cc1. The van der Waals surface area contributed by atoms with Gasteiger partial charge in [0.25, 0.3) is 0 Å². The topological polar surface area (TPSA) is 43.2 Å². The summed E-state index contributed by atoms with van der Waals surface area (Å²) in [5.41, 5.74) is 0.877. The maximum Gasteiger partial charge on any atom is 0.195 e. The molecule has 0 radical (unpaired) electrons. The molecule has 4 rings (SSSR count). The summed E-state index contributed by atoms with van der Waals surface area (Å²) in [5, 5.41) is 9.64. The molecular weight excluding hydrogens is 455 g/mol. The van der Waals surface area contributed by atoms with Gasteiger partial charge in [-0.25, -0.2) is 4.39 Å². The number of aromatic nitrogens is 3. The predicted molar refractivity (Wildman–Crippen MR) is 116 cm³/mol. The van der Waals surface area contributed by atoms with E-state index >= 15 is 0 Å². The van der Waals surface area contributed by atoms with E-state index in [1.165, 1.54) is 25.0 Å². The summed E-state index contributed by atoms with van der Waals surface area (Å²) in [6, 6.07) is 14.3. The molecule has 0 aliphatic carbocycles. The molecule has 2 heterocycles. The van der Waals surface area contributed by atoms with E-state index in [1.807, 2.05) is 28.8 Å². The fraction of sp³-hybridized carbons (Fsp3) is 0.333. The molecule has 0 saturated carbocycles. The number of benzene rings is 2. The molecule has 29 heavy (non-hydrogen) atoms. The molecule has 0 N–H and O–H groups in total. The highest BCUT2D eigenvalue weighted by atomic mass is 79.9. The third-order valence-electron chi connectivity index (χ3n) is 4.75. The van der Waals surface area contributed by atoms with Crippen LogP contribution >= 0.6 is 27.7 Å². The van der Waals surface area contributed by atoms with Crippen LogP contribution < -0.4 is 4.74 Å². The molecule has 0 amide bonds. The van der Waals surface area contributed by atoms with E-state index in [4.69, 9.17) is 4.74 Å². The Labute approximate surface area is 182 Å². The van der Waals surface area contributed by atoms with Crippen molar-refractivity contribution in [3.8, 4) is 11.4 Å². The summed E-state index contributed by atoms with van der Waals surface area (Å²) >= 11 is 5.01. The number of likely N-dealkylation sites (tertiary alicyclic amines) is 1. The van der Waals surface area contributed by atoms with Crippen molar-refractivity contribution in [1.82, 2.24) is 19.7 Å². The van der Waals surface area contributed by atoms with Crippen LogP contribution in [0.25, 0.3) is 5.69 Å². The van der Waals surface area contributed by atoms with Crippen molar-refractivity contribution in [2.75, 3.05) is 25.4 Å². The first kappa shape index (κ1) is 20.4. The van der Waals surface area contributed by atoms with Gasteiger partial charge >= 0.3 is 0 Å². The van der Waals surface area contributed by atoms with Crippen molar-refractivity contribution in [1.29, 1.82) is 0 Å². The van der Waals surface area contributed by atoms with Gasteiger partial charge in [-0.2, -0.15) is 0 Å². The Morgan fingerprint density at radius 2 is 1.72 bits per heavy atom. The number of hydrogen-bond donors (Lipinski definition) is 0. The minimum absolute atomic E-state index is 0.250. The van der Waals surface area contributed by atoms with E-state index in [2.05, 4.69) is 31.0 Å². The molecule has 0 unspecified atom stereocenters. The number of ether oxygens (including phenoxy) is 1. The molecule has 0 bridgehead atoms. The van der Waals surface area contributed by atoms with Crippen LogP contribution in [0.5, 0.6) is 5.75 Å². The van der Waals surface area contributed by atoms with Crippen LogP contribution in [0.3, 0.4) is 0 Å². The van der Waals surface area contributed by atoms with Crippen LogP contribution in [0.15, 0.2) is 58.2 Å². The van der Waals surface area contributed by atoms with E-state index in [0.717, 1.165) is 52.3 Å². The van der Waals surface area contributed by atoms with Crippen molar-refractivity contribution in [3.05, 3.63) is 64.6 Å². The Hall–Kier alpha value is -1.90. The maximum absolute atomic E-state index is 13.4. The molecule has 152 valence electrons. The molecule has 8 heteroatoms. The summed E-state index contributed by atoms with van der Waals surface area (Å²) in [6.45, 7) is 3.48. The second kappa shape index (κ2) is 9.73. The lowest BCUT2D eigenvalue weighted by atomic mass is 10.3. The molecular formula is C21H22BrFN4OS. The normalized spacial score (nSPS) is 14.4. The van der Waals surface area contributed by atoms with Crippen LogP contribution in [0.2, 0.25) is 0 Å². The zero-order chi connectivity index (χ0) is 20.1. The lowest BCUT2D eigenvalue weighted by Gasteiger charge is -2.16. The fourth-order valence-electron chi connectivity index (χ4n) is 3.31. The molecule has 0 atom stereocenters. The summed E-state index contributed by atoms with van der Waals surface area (Å²) in [5.74, 6) is 2.21. The van der Waals surface area contributed by atoms with Crippen LogP contribution in [0.1, 0.15) is 18.7 Å². The van der Waals surface area contributed by atoms with Gasteiger partial charge in [-0.3, -0.25) is 9.47 Å². The zero-order valence-corrected chi connectivity index (χ0v) is 18.3. The Kier molecular flexibility index (Phi) is 6.84. The van der Waals surface area contributed by atoms with Crippen molar-refractivity contribution in [2.45, 2.75) is 24.5 Å².